The predicted octanol–water partition coefficient (Wildman–Crippen LogP) is -0.468. The van der Waals surface area contributed by atoms with Gasteiger partial charge in [-0.2, -0.15) is 0 Å². The summed E-state index contributed by atoms with van der Waals surface area (Å²) in [6.45, 7) is 3.95. The zero-order chi connectivity index (χ0) is 9.64. The monoisotopic (exact) mass is 188 g/mol. The normalized spacial score (nSPS) is 55.4. The third-order valence-corrected chi connectivity index (χ3v) is 3.23. The lowest BCUT2D eigenvalue weighted by Crippen LogP contribution is -2.69. The molecule has 3 rings (SSSR count). The predicted molar refractivity (Wildman–Crippen MR) is 45.3 cm³/mol. The molecule has 3 aliphatic heterocycles. The van der Waals surface area contributed by atoms with E-state index < -0.39 is 11.7 Å². The van der Waals surface area contributed by atoms with Gasteiger partial charge in [0.05, 0.1) is 31.5 Å². The SMILES string of the molecule is CC1OC2(CO)COC1C(C)C2O. The van der Waals surface area contributed by atoms with E-state index in [1.54, 1.807) is 0 Å². The van der Waals surface area contributed by atoms with Gasteiger partial charge in [-0.1, -0.05) is 6.92 Å². The van der Waals surface area contributed by atoms with Crippen LogP contribution in [0.15, 0.2) is 0 Å². The lowest BCUT2D eigenvalue weighted by molar-refractivity contribution is -0.331. The Kier molecular flexibility index (Phi) is 2.11. The highest BCUT2D eigenvalue weighted by Gasteiger charge is 2.56. The summed E-state index contributed by atoms with van der Waals surface area (Å²) in [5.74, 6) is 0.0321. The van der Waals surface area contributed by atoms with Crippen molar-refractivity contribution in [1.29, 1.82) is 0 Å². The van der Waals surface area contributed by atoms with Crippen LogP contribution in [-0.4, -0.2) is 47.3 Å². The Morgan fingerprint density at radius 2 is 2.15 bits per heavy atom. The molecule has 2 N–H and O–H groups in total. The van der Waals surface area contributed by atoms with Crippen LogP contribution in [0.4, 0.5) is 0 Å². The van der Waals surface area contributed by atoms with Gasteiger partial charge in [0.25, 0.3) is 0 Å². The molecule has 13 heavy (non-hydrogen) atoms. The summed E-state index contributed by atoms with van der Waals surface area (Å²) in [7, 11) is 0. The zero-order valence-electron chi connectivity index (χ0n) is 7.93. The fourth-order valence-corrected chi connectivity index (χ4v) is 2.41. The molecule has 0 spiro atoms. The Morgan fingerprint density at radius 1 is 1.46 bits per heavy atom. The largest absolute Gasteiger partial charge is 0.393 e. The summed E-state index contributed by atoms with van der Waals surface area (Å²) in [5, 5.41) is 19.1. The molecular formula is C9H16O4. The number of aliphatic hydroxyl groups excluding tert-OH is 2. The van der Waals surface area contributed by atoms with Crippen molar-refractivity contribution in [1.82, 2.24) is 0 Å². The molecule has 4 nitrogen and oxygen atoms in total. The van der Waals surface area contributed by atoms with Crippen molar-refractivity contribution in [3.8, 4) is 0 Å². The maximum absolute atomic E-state index is 9.87. The van der Waals surface area contributed by atoms with Crippen LogP contribution in [0.2, 0.25) is 0 Å². The molecule has 0 aromatic carbocycles. The Bertz CT molecular complexity index is 208. The van der Waals surface area contributed by atoms with Crippen molar-refractivity contribution in [3.63, 3.8) is 0 Å². The summed E-state index contributed by atoms with van der Waals surface area (Å²) in [6, 6.07) is 0. The van der Waals surface area contributed by atoms with Gasteiger partial charge >= 0.3 is 0 Å². The van der Waals surface area contributed by atoms with Gasteiger partial charge in [-0.15, -0.1) is 0 Å². The quantitative estimate of drug-likeness (QED) is 0.584. The highest BCUT2D eigenvalue weighted by atomic mass is 16.6. The van der Waals surface area contributed by atoms with Crippen molar-refractivity contribution in [2.45, 2.75) is 37.8 Å². The maximum atomic E-state index is 9.87. The molecule has 3 aliphatic rings. The van der Waals surface area contributed by atoms with Crippen LogP contribution >= 0.6 is 0 Å². The fraction of sp³-hybridized carbons (Fsp3) is 1.00. The van der Waals surface area contributed by atoms with Crippen molar-refractivity contribution >= 4 is 0 Å². The Labute approximate surface area is 77.5 Å². The second kappa shape index (κ2) is 2.92. The number of hydrogen-bond acceptors (Lipinski definition) is 4. The molecule has 0 aliphatic carbocycles. The van der Waals surface area contributed by atoms with E-state index in [1.807, 2.05) is 13.8 Å². The molecule has 0 aromatic rings. The molecule has 0 amide bonds. The fourth-order valence-electron chi connectivity index (χ4n) is 2.41. The van der Waals surface area contributed by atoms with E-state index in [4.69, 9.17) is 9.47 Å². The molecule has 2 bridgehead atoms. The second-order valence-electron chi connectivity index (χ2n) is 4.13. The van der Waals surface area contributed by atoms with Gasteiger partial charge < -0.3 is 19.7 Å². The third-order valence-electron chi connectivity index (χ3n) is 3.23. The van der Waals surface area contributed by atoms with Gasteiger partial charge in [-0.25, -0.2) is 0 Å². The van der Waals surface area contributed by atoms with Gasteiger partial charge in [0, 0.05) is 5.92 Å². The molecule has 4 heteroatoms. The summed E-state index contributed by atoms with van der Waals surface area (Å²) in [6.07, 6.45) is -0.699. The third kappa shape index (κ3) is 1.13. The lowest BCUT2D eigenvalue weighted by Gasteiger charge is -2.54. The number of rotatable bonds is 1. The number of fused-ring (bicyclic) bond motifs is 3. The van der Waals surface area contributed by atoms with E-state index in [0.29, 0.717) is 6.61 Å². The Balaban J connectivity index is 2.27. The first-order chi connectivity index (χ1) is 6.10. The van der Waals surface area contributed by atoms with E-state index in [-0.39, 0.29) is 24.7 Å². The van der Waals surface area contributed by atoms with Gasteiger partial charge in [-0.3, -0.25) is 0 Å². The Hall–Kier alpha value is -0.160. The van der Waals surface area contributed by atoms with E-state index in [2.05, 4.69) is 0 Å². The average molecular weight is 188 g/mol. The van der Waals surface area contributed by atoms with E-state index in [9.17, 15) is 10.2 Å². The molecule has 3 fully saturated rings. The van der Waals surface area contributed by atoms with Crippen LogP contribution < -0.4 is 0 Å². The van der Waals surface area contributed by atoms with E-state index >= 15 is 0 Å². The van der Waals surface area contributed by atoms with Crippen molar-refractivity contribution in [2.24, 2.45) is 5.92 Å². The lowest BCUT2D eigenvalue weighted by atomic mass is 9.78. The molecule has 0 aromatic heterocycles. The topological polar surface area (TPSA) is 58.9 Å². The standard InChI is InChI=1S/C9H16O4/c1-5-7-6(2)13-9(3-10,4-12-7)8(5)11/h5-8,10-11H,3-4H2,1-2H3. The summed E-state index contributed by atoms with van der Waals surface area (Å²) >= 11 is 0. The molecule has 76 valence electrons. The first-order valence-corrected chi connectivity index (χ1v) is 4.69. The van der Waals surface area contributed by atoms with Crippen LogP contribution in [0.25, 0.3) is 0 Å². The zero-order valence-corrected chi connectivity index (χ0v) is 7.93. The first-order valence-electron chi connectivity index (χ1n) is 4.69. The van der Waals surface area contributed by atoms with Crippen LogP contribution in [-0.2, 0) is 9.47 Å². The molecule has 3 saturated heterocycles. The van der Waals surface area contributed by atoms with Gasteiger partial charge in [-0.05, 0) is 6.92 Å². The van der Waals surface area contributed by atoms with Gasteiger partial charge in [0.15, 0.2) is 0 Å². The smallest absolute Gasteiger partial charge is 0.141 e. The minimum atomic E-state index is -0.881. The van der Waals surface area contributed by atoms with Crippen LogP contribution in [0, 0.1) is 5.92 Å². The van der Waals surface area contributed by atoms with Crippen LogP contribution in [0.3, 0.4) is 0 Å². The second-order valence-corrected chi connectivity index (χ2v) is 4.13. The van der Waals surface area contributed by atoms with Crippen LogP contribution in [0.5, 0.6) is 0 Å². The highest BCUT2D eigenvalue weighted by Crippen LogP contribution is 2.40. The number of ether oxygens (including phenoxy) is 2. The molecular weight excluding hydrogens is 172 g/mol. The van der Waals surface area contributed by atoms with Crippen molar-refractivity contribution in [2.75, 3.05) is 13.2 Å². The van der Waals surface area contributed by atoms with E-state index in [0.717, 1.165) is 0 Å². The summed E-state index contributed by atoms with van der Waals surface area (Å²) in [5.41, 5.74) is -0.881. The molecule has 0 radical (unpaired) electrons. The van der Waals surface area contributed by atoms with Crippen molar-refractivity contribution in [3.05, 3.63) is 0 Å². The van der Waals surface area contributed by atoms with Gasteiger partial charge in [0.1, 0.15) is 5.60 Å². The summed E-state index contributed by atoms with van der Waals surface area (Å²) < 4.78 is 11.1. The molecule has 3 heterocycles. The van der Waals surface area contributed by atoms with Crippen molar-refractivity contribution < 1.29 is 19.7 Å². The minimum absolute atomic E-state index is 0.0321. The summed E-state index contributed by atoms with van der Waals surface area (Å²) in [4.78, 5) is 0. The molecule has 5 unspecified atom stereocenters. The maximum Gasteiger partial charge on any atom is 0.141 e. The van der Waals surface area contributed by atoms with E-state index in [1.165, 1.54) is 0 Å². The Morgan fingerprint density at radius 3 is 2.69 bits per heavy atom. The average Bonchev–Trinajstić information content (AvgIpc) is 2.13. The molecule has 5 atom stereocenters. The first kappa shape index (κ1) is 9.40. The number of hydrogen-bond donors (Lipinski definition) is 2. The number of aliphatic hydroxyl groups is 2. The highest BCUT2D eigenvalue weighted by molar-refractivity contribution is 5.03. The minimum Gasteiger partial charge on any atom is -0.393 e. The van der Waals surface area contributed by atoms with Gasteiger partial charge in [0.2, 0.25) is 0 Å². The molecule has 0 saturated carbocycles. The van der Waals surface area contributed by atoms with Crippen LogP contribution in [0.1, 0.15) is 13.8 Å².